The first-order chi connectivity index (χ1) is 13.4. The molecule has 2 aromatic carbocycles. The van der Waals surface area contributed by atoms with Gasteiger partial charge in [-0.3, -0.25) is 0 Å². The zero-order chi connectivity index (χ0) is 19.7. The number of hydrogen-bond donors (Lipinski definition) is 0. The van der Waals surface area contributed by atoms with Crippen molar-refractivity contribution in [2.75, 3.05) is 13.1 Å². The molecule has 0 amide bonds. The second-order valence-electron chi connectivity index (χ2n) is 7.23. The Hall–Kier alpha value is -2.51. The van der Waals surface area contributed by atoms with Crippen molar-refractivity contribution in [3.05, 3.63) is 59.8 Å². The van der Waals surface area contributed by atoms with Crippen LogP contribution in [0.5, 0.6) is 5.88 Å². The number of hydrogen-bond acceptors (Lipinski definition) is 5. The van der Waals surface area contributed by atoms with Crippen molar-refractivity contribution in [1.29, 1.82) is 0 Å². The van der Waals surface area contributed by atoms with Crippen molar-refractivity contribution in [3.63, 3.8) is 0 Å². The summed E-state index contributed by atoms with van der Waals surface area (Å²) in [6, 6.07) is 13.3. The third kappa shape index (κ3) is 3.59. The number of nitrogens with zero attached hydrogens (tertiary/aromatic N) is 3. The van der Waals surface area contributed by atoms with Crippen molar-refractivity contribution < 1.29 is 13.2 Å². The number of fused-ring (bicyclic) bond motifs is 1. The van der Waals surface area contributed by atoms with Gasteiger partial charge < -0.3 is 4.74 Å². The third-order valence-electron chi connectivity index (χ3n) is 5.16. The summed E-state index contributed by atoms with van der Waals surface area (Å²) in [6.07, 6.45) is 2.87. The fourth-order valence-corrected chi connectivity index (χ4v) is 5.34. The lowest BCUT2D eigenvalue weighted by Crippen LogP contribution is -2.42. The van der Waals surface area contributed by atoms with E-state index in [0.29, 0.717) is 36.7 Å². The van der Waals surface area contributed by atoms with Crippen LogP contribution in [0.25, 0.3) is 10.8 Å². The first kappa shape index (κ1) is 18.8. The maximum atomic E-state index is 13.0. The van der Waals surface area contributed by atoms with Crippen LogP contribution < -0.4 is 4.74 Å². The molecule has 1 aliphatic heterocycles. The molecule has 0 N–H and O–H groups in total. The van der Waals surface area contributed by atoms with Gasteiger partial charge in [0, 0.05) is 23.9 Å². The average molecular weight is 398 g/mol. The van der Waals surface area contributed by atoms with E-state index in [1.807, 2.05) is 50.2 Å². The summed E-state index contributed by atoms with van der Waals surface area (Å²) in [5.41, 5.74) is 1.84. The van der Waals surface area contributed by atoms with Crippen molar-refractivity contribution in [2.24, 2.45) is 0 Å². The van der Waals surface area contributed by atoms with Crippen LogP contribution in [0.3, 0.4) is 0 Å². The lowest BCUT2D eigenvalue weighted by Gasteiger charge is -2.31. The zero-order valence-corrected chi connectivity index (χ0v) is 16.8. The molecule has 0 saturated carbocycles. The summed E-state index contributed by atoms with van der Waals surface area (Å²) in [6.45, 7) is 4.66. The number of piperidine rings is 1. The van der Waals surface area contributed by atoms with E-state index in [0.717, 1.165) is 21.9 Å². The Bertz CT molecular complexity index is 1100. The van der Waals surface area contributed by atoms with E-state index in [1.54, 1.807) is 16.6 Å². The van der Waals surface area contributed by atoms with E-state index in [9.17, 15) is 8.42 Å². The van der Waals surface area contributed by atoms with Gasteiger partial charge in [-0.2, -0.15) is 9.40 Å². The first-order valence-electron chi connectivity index (χ1n) is 9.39. The first-order valence-corrected chi connectivity index (χ1v) is 10.8. The van der Waals surface area contributed by atoms with Gasteiger partial charge in [0.2, 0.25) is 15.9 Å². The summed E-state index contributed by atoms with van der Waals surface area (Å²) in [7, 11) is -3.49. The molecule has 0 spiro atoms. The molecule has 1 fully saturated rings. The van der Waals surface area contributed by atoms with Crippen LogP contribution in [0.1, 0.15) is 24.0 Å². The van der Waals surface area contributed by atoms with Gasteiger partial charge in [0.1, 0.15) is 6.10 Å². The van der Waals surface area contributed by atoms with Crippen molar-refractivity contribution in [3.8, 4) is 5.88 Å². The lowest BCUT2D eigenvalue weighted by molar-refractivity contribution is 0.130. The smallest absolute Gasteiger partial charge is 0.243 e. The van der Waals surface area contributed by atoms with E-state index >= 15 is 0 Å². The Morgan fingerprint density at radius 3 is 2.57 bits per heavy atom. The van der Waals surface area contributed by atoms with Gasteiger partial charge in [-0.1, -0.05) is 35.9 Å². The molecule has 7 heteroatoms. The van der Waals surface area contributed by atoms with Crippen molar-refractivity contribution in [2.45, 2.75) is 37.7 Å². The summed E-state index contributed by atoms with van der Waals surface area (Å²) >= 11 is 0. The molecule has 0 bridgehead atoms. The molecule has 2 heterocycles. The van der Waals surface area contributed by atoms with Crippen LogP contribution in [0.4, 0.5) is 0 Å². The molecule has 0 aliphatic carbocycles. The Labute approximate surface area is 165 Å². The molecule has 6 nitrogen and oxygen atoms in total. The van der Waals surface area contributed by atoms with Crippen LogP contribution in [0, 0.1) is 13.8 Å². The van der Waals surface area contributed by atoms with Crippen LogP contribution >= 0.6 is 0 Å². The molecule has 1 aromatic heterocycles. The monoisotopic (exact) mass is 397 g/mol. The number of ether oxygens (including phenoxy) is 1. The van der Waals surface area contributed by atoms with E-state index in [1.165, 1.54) is 0 Å². The van der Waals surface area contributed by atoms with Crippen LogP contribution in [-0.4, -0.2) is 42.1 Å². The van der Waals surface area contributed by atoms with Crippen molar-refractivity contribution in [1.82, 2.24) is 14.5 Å². The number of rotatable bonds is 4. The van der Waals surface area contributed by atoms with Gasteiger partial charge in [-0.15, -0.1) is 5.10 Å². The maximum absolute atomic E-state index is 13.0. The minimum absolute atomic E-state index is 0.0781. The van der Waals surface area contributed by atoms with E-state index in [-0.39, 0.29) is 6.10 Å². The lowest BCUT2D eigenvalue weighted by atomic mass is 10.1. The van der Waals surface area contributed by atoms with Gasteiger partial charge in [-0.25, -0.2) is 8.42 Å². The van der Waals surface area contributed by atoms with E-state index in [4.69, 9.17) is 4.74 Å². The minimum Gasteiger partial charge on any atom is -0.473 e. The predicted octanol–water partition coefficient (Wildman–Crippen LogP) is 3.48. The predicted molar refractivity (Wildman–Crippen MR) is 108 cm³/mol. The Morgan fingerprint density at radius 1 is 1.07 bits per heavy atom. The topological polar surface area (TPSA) is 72.4 Å². The van der Waals surface area contributed by atoms with E-state index in [2.05, 4.69) is 10.2 Å². The summed E-state index contributed by atoms with van der Waals surface area (Å²) in [4.78, 5) is 0.386. The van der Waals surface area contributed by atoms with Gasteiger partial charge in [0.15, 0.2) is 0 Å². The van der Waals surface area contributed by atoms with E-state index < -0.39 is 10.0 Å². The average Bonchev–Trinajstić information content (AvgIpc) is 2.68. The van der Waals surface area contributed by atoms with Gasteiger partial charge >= 0.3 is 0 Å². The maximum Gasteiger partial charge on any atom is 0.243 e. The Balaban J connectivity index is 1.47. The standard InChI is InChI=1S/C21H23N3O3S/c1-15-7-8-20(16(2)13-15)28(25,26)24-11-9-18(10-12-24)27-21-19-6-4-3-5-17(19)14-22-23-21/h3-8,13-14,18H,9-12H2,1-2H3. The minimum atomic E-state index is -3.49. The molecular weight excluding hydrogens is 374 g/mol. The summed E-state index contributed by atoms with van der Waals surface area (Å²) in [5, 5.41) is 10.0. The third-order valence-corrected chi connectivity index (χ3v) is 7.22. The number of sulfonamides is 1. The highest BCUT2D eigenvalue weighted by atomic mass is 32.2. The fraction of sp³-hybridized carbons (Fsp3) is 0.333. The fourth-order valence-electron chi connectivity index (χ4n) is 3.66. The highest BCUT2D eigenvalue weighted by Crippen LogP contribution is 2.28. The molecule has 3 aromatic rings. The largest absolute Gasteiger partial charge is 0.473 e. The second-order valence-corrected chi connectivity index (χ2v) is 9.13. The van der Waals surface area contributed by atoms with Gasteiger partial charge in [-0.05, 0) is 44.4 Å². The molecule has 0 atom stereocenters. The van der Waals surface area contributed by atoms with Crippen LogP contribution in [0.2, 0.25) is 0 Å². The summed E-state index contributed by atoms with van der Waals surface area (Å²) < 4.78 is 33.7. The molecule has 1 saturated heterocycles. The summed E-state index contributed by atoms with van der Waals surface area (Å²) in [5.74, 6) is 0.508. The molecule has 28 heavy (non-hydrogen) atoms. The van der Waals surface area contributed by atoms with Crippen molar-refractivity contribution >= 4 is 20.8 Å². The Kier molecular flexibility index (Phi) is 5.03. The zero-order valence-electron chi connectivity index (χ0n) is 16.0. The number of benzene rings is 2. The normalized spacial score (nSPS) is 16.4. The molecule has 4 rings (SSSR count). The molecule has 0 radical (unpaired) electrons. The van der Waals surface area contributed by atoms with Crippen LogP contribution in [-0.2, 0) is 10.0 Å². The molecule has 1 aliphatic rings. The van der Waals surface area contributed by atoms with Gasteiger partial charge in [0.05, 0.1) is 11.1 Å². The molecule has 0 unspecified atom stereocenters. The highest BCUT2D eigenvalue weighted by Gasteiger charge is 2.31. The highest BCUT2D eigenvalue weighted by molar-refractivity contribution is 7.89. The van der Waals surface area contributed by atoms with Gasteiger partial charge in [0.25, 0.3) is 0 Å². The number of aryl methyl sites for hydroxylation is 2. The van der Waals surface area contributed by atoms with Crippen LogP contribution in [0.15, 0.2) is 53.6 Å². The Morgan fingerprint density at radius 2 is 1.82 bits per heavy atom. The molecular formula is C21H23N3O3S. The quantitative estimate of drug-likeness (QED) is 0.674. The molecule has 146 valence electrons. The number of aromatic nitrogens is 2. The second kappa shape index (κ2) is 7.48. The SMILES string of the molecule is Cc1ccc(S(=O)(=O)N2CCC(Oc3nncc4ccccc34)CC2)c(C)c1.